The number of rotatable bonds is 9. The van der Waals surface area contributed by atoms with Crippen molar-refractivity contribution in [2.24, 2.45) is 5.92 Å². The van der Waals surface area contributed by atoms with Crippen molar-refractivity contribution in [2.45, 2.75) is 59.2 Å². The number of hydrogen-bond donors (Lipinski definition) is 3. The van der Waals surface area contributed by atoms with Crippen LogP contribution in [0, 0.1) is 5.92 Å². The summed E-state index contributed by atoms with van der Waals surface area (Å²) in [5.74, 6) is -0.0943. The highest BCUT2D eigenvalue weighted by Crippen LogP contribution is 2.13. The van der Waals surface area contributed by atoms with Crippen LogP contribution < -0.4 is 15.4 Å². The zero-order valence-corrected chi connectivity index (χ0v) is 15.8. The molecule has 1 atom stereocenters. The summed E-state index contributed by atoms with van der Waals surface area (Å²) >= 11 is 0. The molecule has 0 aliphatic rings. The van der Waals surface area contributed by atoms with Gasteiger partial charge in [0.25, 0.3) is 5.91 Å². The predicted octanol–water partition coefficient (Wildman–Crippen LogP) is 2.57. The van der Waals surface area contributed by atoms with Crippen LogP contribution in [0.25, 0.3) is 0 Å². The van der Waals surface area contributed by atoms with E-state index in [4.69, 9.17) is 4.74 Å². The average Bonchev–Trinajstić information content (AvgIpc) is 2.48. The van der Waals surface area contributed by atoms with E-state index in [1.807, 2.05) is 46.8 Å². The van der Waals surface area contributed by atoms with E-state index in [2.05, 4.69) is 10.6 Å². The third-order valence-electron chi connectivity index (χ3n) is 3.37. The van der Waals surface area contributed by atoms with E-state index in [0.29, 0.717) is 24.6 Å². The van der Waals surface area contributed by atoms with E-state index in [9.17, 15) is 14.7 Å². The van der Waals surface area contributed by atoms with Crippen molar-refractivity contribution >= 4 is 11.9 Å². The Balaban J connectivity index is 2.48. The number of benzene rings is 1. The topological polar surface area (TPSA) is 87.7 Å². The summed E-state index contributed by atoms with van der Waals surface area (Å²) in [5.41, 5.74) is 0.675. The Bertz CT molecular complexity index is 562. The summed E-state index contributed by atoms with van der Waals surface area (Å²) in [6, 6.07) is 6.72. The monoisotopic (exact) mass is 350 g/mol. The van der Waals surface area contributed by atoms with Gasteiger partial charge in [-0.25, -0.2) is 0 Å². The van der Waals surface area contributed by atoms with Crippen molar-refractivity contribution in [2.75, 3.05) is 6.61 Å². The summed E-state index contributed by atoms with van der Waals surface area (Å²) in [5, 5.41) is 15.1. The second-order valence-corrected chi connectivity index (χ2v) is 7.63. The first-order valence-corrected chi connectivity index (χ1v) is 8.56. The number of carboxylic acid groups (broad SMARTS) is 1. The van der Waals surface area contributed by atoms with Crippen molar-refractivity contribution in [3.05, 3.63) is 29.8 Å². The van der Waals surface area contributed by atoms with E-state index in [1.54, 1.807) is 12.1 Å². The van der Waals surface area contributed by atoms with Crippen molar-refractivity contribution < 1.29 is 19.4 Å². The zero-order chi connectivity index (χ0) is 19.0. The maximum Gasteiger partial charge on any atom is 0.320 e. The van der Waals surface area contributed by atoms with Gasteiger partial charge in [-0.15, -0.1) is 0 Å². The quantitative estimate of drug-likeness (QED) is 0.637. The van der Waals surface area contributed by atoms with Crippen molar-refractivity contribution in [3.8, 4) is 5.75 Å². The standard InChI is InChI=1S/C19H30N2O4/c1-13(2)10-16(18(23)24)20-11-14-6-8-15(9-7-14)25-12-17(22)21-19(3,4)5/h6-9,13,16,20H,10-12H2,1-5H3,(H,21,22)(H,23,24). The van der Waals surface area contributed by atoms with Crippen LogP contribution in [-0.2, 0) is 16.1 Å². The third kappa shape index (κ3) is 9.10. The van der Waals surface area contributed by atoms with Crippen LogP contribution in [-0.4, -0.2) is 35.2 Å². The molecular formula is C19H30N2O4. The molecule has 0 heterocycles. The van der Waals surface area contributed by atoms with E-state index in [0.717, 1.165) is 5.56 Å². The van der Waals surface area contributed by atoms with Gasteiger partial charge in [0.2, 0.25) is 0 Å². The lowest BCUT2D eigenvalue weighted by molar-refractivity contribution is -0.140. The molecule has 1 amide bonds. The number of nitrogens with one attached hydrogen (secondary N) is 2. The number of carbonyl (C=O) groups excluding carboxylic acids is 1. The molecule has 1 unspecified atom stereocenters. The van der Waals surface area contributed by atoms with Crippen molar-refractivity contribution in [3.63, 3.8) is 0 Å². The SMILES string of the molecule is CC(C)CC(NCc1ccc(OCC(=O)NC(C)(C)C)cc1)C(=O)O. The lowest BCUT2D eigenvalue weighted by Crippen LogP contribution is -2.43. The highest BCUT2D eigenvalue weighted by molar-refractivity contribution is 5.78. The Hall–Kier alpha value is -2.08. The Morgan fingerprint density at radius 3 is 2.24 bits per heavy atom. The number of amides is 1. The van der Waals surface area contributed by atoms with Crippen molar-refractivity contribution in [1.82, 2.24) is 10.6 Å². The van der Waals surface area contributed by atoms with Gasteiger partial charge in [-0.2, -0.15) is 0 Å². The minimum absolute atomic E-state index is 0.0374. The van der Waals surface area contributed by atoms with E-state index >= 15 is 0 Å². The maximum atomic E-state index is 11.7. The lowest BCUT2D eigenvalue weighted by Gasteiger charge is -2.20. The largest absolute Gasteiger partial charge is 0.484 e. The maximum absolute atomic E-state index is 11.7. The van der Waals surface area contributed by atoms with Gasteiger partial charge in [0.15, 0.2) is 6.61 Å². The molecule has 1 aromatic rings. The Labute approximate surface area is 150 Å². The Kier molecular flexibility index (Phi) is 7.90. The summed E-state index contributed by atoms with van der Waals surface area (Å²) in [4.78, 5) is 23.0. The van der Waals surface area contributed by atoms with E-state index in [-0.39, 0.29) is 18.1 Å². The molecule has 25 heavy (non-hydrogen) atoms. The van der Waals surface area contributed by atoms with Crippen LogP contribution in [0.3, 0.4) is 0 Å². The van der Waals surface area contributed by atoms with Gasteiger partial charge >= 0.3 is 5.97 Å². The first-order chi connectivity index (χ1) is 11.6. The summed E-state index contributed by atoms with van der Waals surface area (Å²) in [7, 11) is 0. The fourth-order valence-electron chi connectivity index (χ4n) is 2.29. The van der Waals surface area contributed by atoms with Crippen LogP contribution in [0.15, 0.2) is 24.3 Å². The molecule has 0 aromatic heterocycles. The Morgan fingerprint density at radius 1 is 1.16 bits per heavy atom. The molecule has 0 radical (unpaired) electrons. The van der Waals surface area contributed by atoms with Gasteiger partial charge in [-0.1, -0.05) is 26.0 Å². The number of hydrogen-bond acceptors (Lipinski definition) is 4. The highest BCUT2D eigenvalue weighted by Gasteiger charge is 2.18. The van der Waals surface area contributed by atoms with Gasteiger partial charge in [-0.3, -0.25) is 9.59 Å². The average molecular weight is 350 g/mol. The number of carbonyl (C=O) groups is 2. The van der Waals surface area contributed by atoms with Gasteiger partial charge in [0.05, 0.1) is 0 Å². The molecule has 3 N–H and O–H groups in total. The highest BCUT2D eigenvalue weighted by atomic mass is 16.5. The van der Waals surface area contributed by atoms with Gasteiger partial charge in [0, 0.05) is 12.1 Å². The van der Waals surface area contributed by atoms with E-state index in [1.165, 1.54) is 0 Å². The molecule has 0 bridgehead atoms. The first-order valence-electron chi connectivity index (χ1n) is 8.56. The second kappa shape index (κ2) is 9.42. The lowest BCUT2D eigenvalue weighted by atomic mass is 10.0. The van der Waals surface area contributed by atoms with Gasteiger partial charge in [-0.05, 0) is 50.8 Å². The molecule has 6 heteroatoms. The third-order valence-corrected chi connectivity index (χ3v) is 3.37. The smallest absolute Gasteiger partial charge is 0.320 e. The van der Waals surface area contributed by atoms with Crippen LogP contribution >= 0.6 is 0 Å². The molecular weight excluding hydrogens is 320 g/mol. The number of carboxylic acids is 1. The fraction of sp³-hybridized carbons (Fsp3) is 0.579. The molecule has 0 spiro atoms. The van der Waals surface area contributed by atoms with Crippen LogP contribution in [0.5, 0.6) is 5.75 Å². The first kappa shape index (κ1) is 21.0. The number of aliphatic carboxylic acids is 1. The molecule has 140 valence electrons. The molecule has 0 aliphatic heterocycles. The zero-order valence-electron chi connectivity index (χ0n) is 15.8. The molecule has 0 fully saturated rings. The summed E-state index contributed by atoms with van der Waals surface area (Å²) in [6.45, 7) is 10.2. The number of ether oxygens (including phenoxy) is 1. The molecule has 0 saturated heterocycles. The normalized spacial score (nSPS) is 12.7. The predicted molar refractivity (Wildman–Crippen MR) is 97.6 cm³/mol. The summed E-state index contributed by atoms with van der Waals surface area (Å²) in [6.07, 6.45) is 0.583. The minimum Gasteiger partial charge on any atom is -0.484 e. The minimum atomic E-state index is -0.835. The molecule has 1 rings (SSSR count). The van der Waals surface area contributed by atoms with Crippen molar-refractivity contribution in [1.29, 1.82) is 0 Å². The van der Waals surface area contributed by atoms with Gasteiger partial charge in [0.1, 0.15) is 11.8 Å². The summed E-state index contributed by atoms with van der Waals surface area (Å²) < 4.78 is 5.46. The molecule has 1 aromatic carbocycles. The van der Waals surface area contributed by atoms with E-state index < -0.39 is 12.0 Å². The van der Waals surface area contributed by atoms with Gasteiger partial charge < -0.3 is 20.5 Å². The fourth-order valence-corrected chi connectivity index (χ4v) is 2.29. The second-order valence-electron chi connectivity index (χ2n) is 7.63. The van der Waals surface area contributed by atoms with Crippen LogP contribution in [0.1, 0.15) is 46.6 Å². The van der Waals surface area contributed by atoms with Crippen LogP contribution in [0.4, 0.5) is 0 Å². The Morgan fingerprint density at radius 2 is 1.76 bits per heavy atom. The molecule has 6 nitrogen and oxygen atoms in total. The molecule has 0 saturated carbocycles. The molecule has 0 aliphatic carbocycles. The van der Waals surface area contributed by atoms with Crippen LogP contribution in [0.2, 0.25) is 0 Å².